The summed E-state index contributed by atoms with van der Waals surface area (Å²) in [5, 5.41) is 7.83. The molecule has 0 aromatic heterocycles. The maximum atomic E-state index is 13.5. The van der Waals surface area contributed by atoms with Crippen LogP contribution in [-0.4, -0.2) is 18.1 Å². The van der Waals surface area contributed by atoms with Gasteiger partial charge in [-0.25, -0.2) is 14.0 Å². The molecular weight excluding hydrogens is 299 g/mol. The van der Waals surface area contributed by atoms with Crippen molar-refractivity contribution >= 4 is 23.4 Å². The number of anilines is 2. The quantitative estimate of drug-likeness (QED) is 0.688. The summed E-state index contributed by atoms with van der Waals surface area (Å²) < 4.78 is 13.5. The Kier molecular flexibility index (Phi) is 4.11. The molecule has 3 rings (SSSR count). The average Bonchev–Trinajstić information content (AvgIpc) is 3.13. The van der Waals surface area contributed by atoms with E-state index in [1.165, 1.54) is 50.3 Å². The van der Waals surface area contributed by atoms with Crippen LogP contribution in [0.2, 0.25) is 0 Å². The van der Waals surface area contributed by atoms with Crippen LogP contribution in [0.25, 0.3) is 0 Å². The van der Waals surface area contributed by atoms with Crippen LogP contribution in [-0.2, 0) is 0 Å². The van der Waals surface area contributed by atoms with Gasteiger partial charge in [0.2, 0.25) is 0 Å². The Bertz CT molecular complexity index is 629. The van der Waals surface area contributed by atoms with Crippen molar-refractivity contribution in [1.82, 2.24) is 5.32 Å². The molecule has 7 heteroatoms. The van der Waals surface area contributed by atoms with Gasteiger partial charge in [0.1, 0.15) is 5.82 Å². The zero-order valence-electron chi connectivity index (χ0n) is 12.8. The Labute approximate surface area is 134 Å². The molecule has 1 aromatic rings. The van der Waals surface area contributed by atoms with E-state index in [1.54, 1.807) is 0 Å². The number of amides is 4. The van der Waals surface area contributed by atoms with Crippen molar-refractivity contribution in [1.29, 1.82) is 0 Å². The Morgan fingerprint density at radius 1 is 1.17 bits per heavy atom. The normalized spacial score (nSPS) is 21.5. The zero-order valence-corrected chi connectivity index (χ0v) is 12.8. The molecule has 0 radical (unpaired) electrons. The number of primary amides is 1. The SMILES string of the molecule is NC(=O)Nc1cc(NC(=O)NC2CC23CCCCC3)ccc1F. The molecule has 23 heavy (non-hydrogen) atoms. The maximum absolute atomic E-state index is 13.5. The van der Waals surface area contributed by atoms with E-state index in [0.29, 0.717) is 11.1 Å². The fourth-order valence-corrected chi connectivity index (χ4v) is 3.52. The first kappa shape index (κ1) is 15.6. The third-order valence-corrected chi connectivity index (χ3v) is 4.83. The van der Waals surface area contributed by atoms with Gasteiger partial charge in [0.05, 0.1) is 5.69 Å². The van der Waals surface area contributed by atoms with Gasteiger partial charge in [0, 0.05) is 11.7 Å². The smallest absolute Gasteiger partial charge is 0.319 e. The van der Waals surface area contributed by atoms with Crippen molar-refractivity contribution in [3.8, 4) is 0 Å². The molecule has 5 N–H and O–H groups in total. The lowest BCUT2D eigenvalue weighted by Crippen LogP contribution is -2.34. The van der Waals surface area contributed by atoms with Crippen molar-refractivity contribution in [2.45, 2.75) is 44.6 Å². The van der Waals surface area contributed by atoms with E-state index in [1.807, 2.05) is 0 Å². The summed E-state index contributed by atoms with van der Waals surface area (Å²) in [6.45, 7) is 0. The predicted octanol–water partition coefficient (Wildman–Crippen LogP) is 3.16. The van der Waals surface area contributed by atoms with Gasteiger partial charge in [0.15, 0.2) is 0 Å². The fourth-order valence-electron chi connectivity index (χ4n) is 3.52. The highest BCUT2D eigenvalue weighted by Crippen LogP contribution is 2.56. The first-order valence-electron chi connectivity index (χ1n) is 7.92. The van der Waals surface area contributed by atoms with Crippen LogP contribution < -0.4 is 21.7 Å². The van der Waals surface area contributed by atoms with Crippen molar-refractivity contribution in [3.05, 3.63) is 24.0 Å². The molecule has 2 saturated carbocycles. The van der Waals surface area contributed by atoms with Crippen LogP contribution in [0.4, 0.5) is 25.4 Å². The van der Waals surface area contributed by atoms with E-state index >= 15 is 0 Å². The van der Waals surface area contributed by atoms with Gasteiger partial charge in [-0.05, 0) is 42.9 Å². The highest BCUT2D eigenvalue weighted by atomic mass is 19.1. The minimum absolute atomic E-state index is 0.0644. The van der Waals surface area contributed by atoms with Crippen LogP contribution in [0.3, 0.4) is 0 Å². The molecule has 1 spiro atoms. The Morgan fingerprint density at radius 2 is 1.91 bits per heavy atom. The Morgan fingerprint density at radius 3 is 2.61 bits per heavy atom. The number of carbonyl (C=O) groups excluding carboxylic acids is 2. The number of hydrogen-bond acceptors (Lipinski definition) is 2. The van der Waals surface area contributed by atoms with Crippen molar-refractivity contribution in [2.24, 2.45) is 11.1 Å². The second-order valence-corrected chi connectivity index (χ2v) is 6.46. The summed E-state index contributed by atoms with van der Waals surface area (Å²) in [4.78, 5) is 22.9. The molecule has 0 bridgehead atoms. The molecule has 0 aliphatic heterocycles. The molecule has 124 valence electrons. The van der Waals surface area contributed by atoms with Gasteiger partial charge in [-0.15, -0.1) is 0 Å². The molecule has 1 aromatic carbocycles. The number of carbonyl (C=O) groups is 2. The average molecular weight is 320 g/mol. The van der Waals surface area contributed by atoms with Crippen LogP contribution >= 0.6 is 0 Å². The molecule has 1 unspecified atom stereocenters. The summed E-state index contributed by atoms with van der Waals surface area (Å²) in [6.07, 6.45) is 7.16. The lowest BCUT2D eigenvalue weighted by Gasteiger charge is -2.22. The number of nitrogens with two attached hydrogens (primary N) is 1. The van der Waals surface area contributed by atoms with Gasteiger partial charge in [0.25, 0.3) is 0 Å². The number of halogens is 1. The lowest BCUT2D eigenvalue weighted by atomic mass is 9.86. The number of urea groups is 2. The highest BCUT2D eigenvalue weighted by molar-refractivity contribution is 5.92. The third-order valence-electron chi connectivity index (χ3n) is 4.83. The minimum Gasteiger partial charge on any atom is -0.351 e. The van der Waals surface area contributed by atoms with E-state index in [9.17, 15) is 14.0 Å². The third kappa shape index (κ3) is 3.55. The molecule has 0 heterocycles. The summed E-state index contributed by atoms with van der Waals surface area (Å²) >= 11 is 0. The summed E-state index contributed by atoms with van der Waals surface area (Å²) in [5.74, 6) is -0.613. The molecule has 1 atom stereocenters. The van der Waals surface area contributed by atoms with Crippen LogP contribution in [0.5, 0.6) is 0 Å². The summed E-state index contributed by atoms with van der Waals surface area (Å²) in [5.41, 5.74) is 5.61. The number of rotatable bonds is 3. The first-order valence-corrected chi connectivity index (χ1v) is 7.92. The fraction of sp³-hybridized carbons (Fsp3) is 0.500. The number of hydrogen-bond donors (Lipinski definition) is 4. The molecular formula is C16H21FN4O2. The van der Waals surface area contributed by atoms with E-state index in [4.69, 9.17) is 5.73 Å². The van der Waals surface area contributed by atoms with Gasteiger partial charge in [-0.3, -0.25) is 0 Å². The lowest BCUT2D eigenvalue weighted by molar-refractivity contribution is 0.247. The van der Waals surface area contributed by atoms with Crippen LogP contribution in [0.1, 0.15) is 38.5 Å². The summed E-state index contributed by atoms with van der Waals surface area (Å²) in [7, 11) is 0. The van der Waals surface area contributed by atoms with E-state index in [2.05, 4.69) is 16.0 Å². The largest absolute Gasteiger partial charge is 0.351 e. The van der Waals surface area contributed by atoms with Gasteiger partial charge in [-0.2, -0.15) is 0 Å². The number of benzene rings is 1. The minimum atomic E-state index is -0.859. The molecule has 6 nitrogen and oxygen atoms in total. The predicted molar refractivity (Wildman–Crippen MR) is 85.7 cm³/mol. The molecule has 2 fully saturated rings. The van der Waals surface area contributed by atoms with Gasteiger partial charge in [-0.1, -0.05) is 19.3 Å². The highest BCUT2D eigenvalue weighted by Gasteiger charge is 2.54. The second-order valence-electron chi connectivity index (χ2n) is 6.46. The summed E-state index contributed by atoms with van der Waals surface area (Å²) in [6, 6.07) is 3.00. The van der Waals surface area contributed by atoms with Crippen LogP contribution in [0, 0.1) is 11.2 Å². The Balaban J connectivity index is 1.57. The van der Waals surface area contributed by atoms with Crippen molar-refractivity contribution in [2.75, 3.05) is 10.6 Å². The van der Waals surface area contributed by atoms with Crippen molar-refractivity contribution in [3.63, 3.8) is 0 Å². The van der Waals surface area contributed by atoms with Gasteiger partial charge >= 0.3 is 12.1 Å². The Hall–Kier alpha value is -2.31. The van der Waals surface area contributed by atoms with Crippen molar-refractivity contribution < 1.29 is 14.0 Å². The van der Waals surface area contributed by atoms with E-state index in [0.717, 1.165) is 6.42 Å². The zero-order chi connectivity index (χ0) is 16.4. The topological polar surface area (TPSA) is 96.2 Å². The molecule has 2 aliphatic carbocycles. The standard InChI is InChI=1S/C16H21FN4O2/c17-11-5-4-10(8-12(11)20-14(18)22)19-15(23)21-13-9-16(13)6-2-1-3-7-16/h4-5,8,13H,1-3,6-7,9H2,(H3,18,20,22)(H2,19,21,23). The first-order chi connectivity index (χ1) is 11.0. The molecule has 0 saturated heterocycles. The molecule has 2 aliphatic rings. The molecule has 4 amide bonds. The maximum Gasteiger partial charge on any atom is 0.319 e. The monoisotopic (exact) mass is 320 g/mol. The number of nitrogens with one attached hydrogen (secondary N) is 3. The van der Waals surface area contributed by atoms with Gasteiger partial charge < -0.3 is 21.7 Å². The second kappa shape index (κ2) is 6.06. The van der Waals surface area contributed by atoms with E-state index in [-0.39, 0.29) is 17.8 Å². The van der Waals surface area contributed by atoms with E-state index < -0.39 is 11.8 Å². The van der Waals surface area contributed by atoms with Crippen LogP contribution in [0.15, 0.2) is 18.2 Å².